The lowest BCUT2D eigenvalue weighted by Gasteiger charge is -2.01. The zero-order valence-corrected chi connectivity index (χ0v) is 12.3. The Morgan fingerprint density at radius 1 is 0.889 bits per heavy atom. The summed E-state index contributed by atoms with van der Waals surface area (Å²) in [7, 11) is 0. The van der Waals surface area contributed by atoms with Crippen molar-refractivity contribution in [3.63, 3.8) is 0 Å². The van der Waals surface area contributed by atoms with E-state index >= 15 is 0 Å². The minimum atomic E-state index is -0.201. The molecule has 0 atom stereocenters. The summed E-state index contributed by atoms with van der Waals surface area (Å²) >= 11 is 0. The summed E-state index contributed by atoms with van der Waals surface area (Å²) in [4.78, 5) is 0. The summed E-state index contributed by atoms with van der Waals surface area (Å²) in [6.45, 7) is 8.89. The Bertz CT molecular complexity index is 294. The molecule has 0 aromatic carbocycles. The number of aliphatic hydroxyl groups excluding tert-OH is 1. The average molecular weight is 252 g/mol. The molecule has 0 amide bonds. The average Bonchev–Trinajstić information content (AvgIpc) is 2.29. The Labute approximate surface area is 112 Å². The smallest absolute Gasteiger partial charge is 0.143 e. The Hall–Kier alpha value is -0.860. The van der Waals surface area contributed by atoms with Crippen LogP contribution in [-0.4, -0.2) is 18.5 Å². The molecule has 0 aliphatic carbocycles. The summed E-state index contributed by atoms with van der Waals surface area (Å²) in [5.41, 5.74) is 4.18. The number of allylic oxidation sites excluding steroid dienone is 5. The zero-order chi connectivity index (χ0) is 13.8. The Morgan fingerprint density at radius 3 is 2.00 bits per heavy atom. The molecule has 0 bridgehead atoms. The fourth-order valence-electron chi connectivity index (χ4n) is 1.59. The second-order valence-electron chi connectivity index (χ2n) is 4.96. The molecule has 0 spiro atoms. The lowest BCUT2D eigenvalue weighted by molar-refractivity contribution is 0.0129. The molecule has 0 saturated carbocycles. The van der Waals surface area contributed by atoms with Crippen molar-refractivity contribution in [2.24, 2.45) is 0 Å². The van der Waals surface area contributed by atoms with Gasteiger partial charge in [-0.15, -0.1) is 0 Å². The molecule has 104 valence electrons. The van der Waals surface area contributed by atoms with Crippen molar-refractivity contribution < 1.29 is 9.84 Å². The van der Waals surface area contributed by atoms with Crippen molar-refractivity contribution >= 4 is 0 Å². The van der Waals surface area contributed by atoms with Crippen LogP contribution in [0.3, 0.4) is 0 Å². The van der Waals surface area contributed by atoms with Crippen molar-refractivity contribution in [3.05, 3.63) is 34.9 Å². The van der Waals surface area contributed by atoms with E-state index < -0.39 is 0 Å². The molecule has 0 unspecified atom stereocenters. The highest BCUT2D eigenvalue weighted by Gasteiger charge is 1.92. The normalized spacial score (nSPS) is 12.7. The van der Waals surface area contributed by atoms with Gasteiger partial charge in [-0.3, -0.25) is 0 Å². The van der Waals surface area contributed by atoms with Gasteiger partial charge < -0.3 is 9.84 Å². The van der Waals surface area contributed by atoms with E-state index in [0.29, 0.717) is 6.61 Å². The molecular formula is C16H28O2. The van der Waals surface area contributed by atoms with Gasteiger partial charge in [-0.2, -0.15) is 0 Å². The molecule has 2 nitrogen and oxygen atoms in total. The van der Waals surface area contributed by atoms with Crippen molar-refractivity contribution in [1.29, 1.82) is 0 Å². The molecule has 0 aromatic rings. The summed E-state index contributed by atoms with van der Waals surface area (Å²) in [6, 6.07) is 0. The topological polar surface area (TPSA) is 29.5 Å². The Balaban J connectivity index is 3.79. The van der Waals surface area contributed by atoms with E-state index in [1.165, 1.54) is 16.7 Å². The van der Waals surface area contributed by atoms with Crippen LogP contribution in [0.4, 0.5) is 0 Å². The van der Waals surface area contributed by atoms with Gasteiger partial charge in [-0.1, -0.05) is 34.9 Å². The van der Waals surface area contributed by atoms with Gasteiger partial charge in [0.25, 0.3) is 0 Å². The van der Waals surface area contributed by atoms with Crippen molar-refractivity contribution in [2.45, 2.75) is 53.4 Å². The van der Waals surface area contributed by atoms with Crippen molar-refractivity contribution in [3.8, 4) is 0 Å². The zero-order valence-electron chi connectivity index (χ0n) is 12.3. The van der Waals surface area contributed by atoms with E-state index in [2.05, 4.69) is 39.8 Å². The van der Waals surface area contributed by atoms with Crippen LogP contribution in [0.25, 0.3) is 0 Å². The van der Waals surface area contributed by atoms with Crippen LogP contribution in [0, 0.1) is 0 Å². The fourth-order valence-corrected chi connectivity index (χ4v) is 1.59. The fraction of sp³-hybridized carbons (Fsp3) is 0.625. The molecule has 1 N–H and O–H groups in total. The molecule has 0 heterocycles. The van der Waals surface area contributed by atoms with Gasteiger partial charge in [-0.25, -0.2) is 0 Å². The van der Waals surface area contributed by atoms with Gasteiger partial charge in [-0.05, 0) is 53.4 Å². The van der Waals surface area contributed by atoms with Crippen LogP contribution in [0.1, 0.15) is 53.4 Å². The monoisotopic (exact) mass is 252 g/mol. The molecule has 0 aliphatic rings. The maximum absolute atomic E-state index is 8.48. The molecule has 0 radical (unpaired) electrons. The molecule has 0 aromatic heterocycles. The van der Waals surface area contributed by atoms with E-state index in [4.69, 9.17) is 9.84 Å². The number of hydrogen-bond acceptors (Lipinski definition) is 2. The van der Waals surface area contributed by atoms with Crippen molar-refractivity contribution in [1.82, 2.24) is 0 Å². The van der Waals surface area contributed by atoms with Crippen LogP contribution in [0.5, 0.6) is 0 Å². The van der Waals surface area contributed by atoms with Gasteiger partial charge >= 0.3 is 0 Å². The summed E-state index contributed by atoms with van der Waals surface area (Å²) in [6.07, 6.45) is 11.1. The van der Waals surface area contributed by atoms with E-state index in [9.17, 15) is 0 Å². The minimum Gasteiger partial charge on any atom is -0.371 e. The third-order valence-corrected chi connectivity index (χ3v) is 2.76. The van der Waals surface area contributed by atoms with Crippen molar-refractivity contribution in [2.75, 3.05) is 13.4 Å². The molecule has 18 heavy (non-hydrogen) atoms. The van der Waals surface area contributed by atoms with Crippen LogP contribution in [0.15, 0.2) is 34.9 Å². The lowest BCUT2D eigenvalue weighted by Crippen LogP contribution is -1.92. The molecule has 2 heteroatoms. The van der Waals surface area contributed by atoms with Crippen LogP contribution in [-0.2, 0) is 4.74 Å². The molecule has 0 rings (SSSR count). The SMILES string of the molecule is CC(C)=CCC/C(C)=C/CC/C(C)=C/COCO. The highest BCUT2D eigenvalue weighted by molar-refractivity contribution is 5.05. The lowest BCUT2D eigenvalue weighted by atomic mass is 10.1. The third-order valence-electron chi connectivity index (χ3n) is 2.76. The predicted octanol–water partition coefficient (Wildman–Crippen LogP) is 4.37. The summed E-state index contributed by atoms with van der Waals surface area (Å²) < 4.78 is 4.86. The maximum Gasteiger partial charge on any atom is 0.143 e. The molecule has 0 aliphatic heterocycles. The summed E-state index contributed by atoms with van der Waals surface area (Å²) in [5, 5.41) is 8.48. The van der Waals surface area contributed by atoms with Crippen LogP contribution < -0.4 is 0 Å². The maximum atomic E-state index is 8.48. The summed E-state index contributed by atoms with van der Waals surface area (Å²) in [5.74, 6) is 0. The van der Waals surface area contributed by atoms with Crippen LogP contribution >= 0.6 is 0 Å². The molecular weight excluding hydrogens is 224 g/mol. The second-order valence-corrected chi connectivity index (χ2v) is 4.96. The Morgan fingerprint density at radius 2 is 1.44 bits per heavy atom. The predicted molar refractivity (Wildman–Crippen MR) is 78.5 cm³/mol. The quantitative estimate of drug-likeness (QED) is 0.375. The number of hydrogen-bond donors (Lipinski definition) is 1. The van der Waals surface area contributed by atoms with Gasteiger partial charge in [0.2, 0.25) is 0 Å². The highest BCUT2D eigenvalue weighted by atomic mass is 16.6. The van der Waals surface area contributed by atoms with Gasteiger partial charge in [0.15, 0.2) is 0 Å². The largest absolute Gasteiger partial charge is 0.371 e. The molecule has 0 saturated heterocycles. The van der Waals surface area contributed by atoms with Gasteiger partial charge in [0.05, 0.1) is 6.61 Å². The third kappa shape index (κ3) is 11.6. The second kappa shape index (κ2) is 11.2. The highest BCUT2D eigenvalue weighted by Crippen LogP contribution is 2.11. The van der Waals surface area contributed by atoms with Crippen LogP contribution in [0.2, 0.25) is 0 Å². The minimum absolute atomic E-state index is 0.201. The van der Waals surface area contributed by atoms with Gasteiger partial charge in [0.1, 0.15) is 6.79 Å². The van der Waals surface area contributed by atoms with E-state index in [0.717, 1.165) is 25.7 Å². The first-order valence-corrected chi connectivity index (χ1v) is 6.69. The number of ether oxygens (including phenoxy) is 1. The standard InChI is InChI=1S/C16H28O2/c1-14(2)7-5-8-15(3)9-6-10-16(4)11-12-18-13-17/h7,9,11,17H,5-6,8,10,12-13H2,1-4H3/b15-9+,16-11+. The van der Waals surface area contributed by atoms with E-state index in [1.807, 2.05) is 6.08 Å². The number of rotatable bonds is 9. The molecule has 0 fully saturated rings. The van der Waals surface area contributed by atoms with Gasteiger partial charge in [0, 0.05) is 0 Å². The van der Waals surface area contributed by atoms with E-state index in [1.54, 1.807) is 0 Å². The first kappa shape index (κ1) is 17.1. The van der Waals surface area contributed by atoms with E-state index in [-0.39, 0.29) is 6.79 Å². The Kier molecular flexibility index (Phi) is 10.7. The number of aliphatic hydroxyl groups is 1. The first-order valence-electron chi connectivity index (χ1n) is 6.69. The first-order chi connectivity index (χ1) is 8.56.